The van der Waals surface area contributed by atoms with Crippen LogP contribution >= 0.6 is 0 Å². The second kappa shape index (κ2) is 3.66. The number of aryl methyl sites for hydroxylation is 1. The third kappa shape index (κ3) is 1.63. The second-order valence-corrected chi connectivity index (χ2v) is 3.95. The van der Waals surface area contributed by atoms with Gasteiger partial charge in [0.15, 0.2) is 5.76 Å². The van der Waals surface area contributed by atoms with Crippen LogP contribution in [-0.2, 0) is 4.79 Å². The Labute approximate surface area is 87.7 Å². The highest BCUT2D eigenvalue weighted by Gasteiger charge is 2.39. The maximum absolute atomic E-state index is 11.6. The highest BCUT2D eigenvalue weighted by atomic mass is 16.5. The van der Waals surface area contributed by atoms with Gasteiger partial charge in [-0.1, -0.05) is 5.16 Å². The van der Waals surface area contributed by atoms with E-state index in [1.807, 2.05) is 13.0 Å². The normalized spacial score (nSPS) is 26.3. The van der Waals surface area contributed by atoms with Crippen molar-refractivity contribution >= 4 is 5.91 Å². The van der Waals surface area contributed by atoms with Gasteiger partial charge in [0.2, 0.25) is 5.91 Å². The molecular formula is C10H14N2O3. The lowest BCUT2D eigenvalue weighted by Gasteiger charge is -2.16. The van der Waals surface area contributed by atoms with E-state index in [1.165, 1.54) is 0 Å². The summed E-state index contributed by atoms with van der Waals surface area (Å²) in [6, 6.07) is 1.74. The van der Waals surface area contributed by atoms with E-state index in [1.54, 1.807) is 11.9 Å². The first-order valence-electron chi connectivity index (χ1n) is 4.94. The van der Waals surface area contributed by atoms with Crippen LogP contribution in [0.2, 0.25) is 0 Å². The third-order valence-electron chi connectivity index (χ3n) is 2.87. The lowest BCUT2D eigenvalue weighted by atomic mass is 10.0. The van der Waals surface area contributed by atoms with Crippen LogP contribution in [0.1, 0.15) is 23.9 Å². The van der Waals surface area contributed by atoms with Gasteiger partial charge in [0, 0.05) is 13.1 Å². The minimum Gasteiger partial charge on any atom is -0.396 e. The fraction of sp³-hybridized carbons (Fsp3) is 0.600. The van der Waals surface area contributed by atoms with Crippen LogP contribution in [0.4, 0.5) is 0 Å². The molecule has 15 heavy (non-hydrogen) atoms. The summed E-state index contributed by atoms with van der Waals surface area (Å²) < 4.78 is 5.13. The average molecular weight is 210 g/mol. The molecular weight excluding hydrogens is 196 g/mol. The molecule has 2 atom stereocenters. The van der Waals surface area contributed by atoms with Crippen LogP contribution in [0.15, 0.2) is 10.6 Å². The van der Waals surface area contributed by atoms with Crippen molar-refractivity contribution in [3.05, 3.63) is 17.5 Å². The maximum atomic E-state index is 11.6. The number of carbonyl (C=O) groups is 1. The van der Waals surface area contributed by atoms with Crippen molar-refractivity contribution in [3.8, 4) is 0 Å². The molecule has 5 nitrogen and oxygen atoms in total. The number of hydrogen-bond acceptors (Lipinski definition) is 4. The molecule has 1 aliphatic heterocycles. The van der Waals surface area contributed by atoms with Gasteiger partial charge < -0.3 is 14.5 Å². The standard InChI is InChI=1S/C10H14N2O3/c1-6-3-9(15-11-6)8-4-7(5-13)10(14)12(8)2/h3,7-8,13H,4-5H2,1-2H3. The van der Waals surface area contributed by atoms with Crippen LogP contribution in [0.3, 0.4) is 0 Å². The molecule has 2 unspecified atom stereocenters. The molecule has 5 heteroatoms. The summed E-state index contributed by atoms with van der Waals surface area (Å²) in [5, 5.41) is 12.8. The van der Waals surface area contributed by atoms with E-state index < -0.39 is 0 Å². The summed E-state index contributed by atoms with van der Waals surface area (Å²) in [6.07, 6.45) is 0.598. The Bertz CT molecular complexity index is 374. The van der Waals surface area contributed by atoms with Gasteiger partial charge >= 0.3 is 0 Å². The van der Waals surface area contributed by atoms with Crippen molar-refractivity contribution in [2.45, 2.75) is 19.4 Å². The zero-order valence-corrected chi connectivity index (χ0v) is 8.80. The number of aliphatic hydroxyl groups excluding tert-OH is 1. The maximum Gasteiger partial charge on any atom is 0.228 e. The summed E-state index contributed by atoms with van der Waals surface area (Å²) >= 11 is 0. The van der Waals surface area contributed by atoms with Crippen molar-refractivity contribution in [1.29, 1.82) is 0 Å². The number of aliphatic hydroxyl groups is 1. The first-order valence-corrected chi connectivity index (χ1v) is 4.94. The van der Waals surface area contributed by atoms with Crippen molar-refractivity contribution in [2.75, 3.05) is 13.7 Å². The van der Waals surface area contributed by atoms with Crippen LogP contribution < -0.4 is 0 Å². The summed E-state index contributed by atoms with van der Waals surface area (Å²) in [7, 11) is 1.72. The molecule has 82 valence electrons. The van der Waals surface area contributed by atoms with Crippen molar-refractivity contribution in [2.24, 2.45) is 5.92 Å². The van der Waals surface area contributed by atoms with E-state index in [0.717, 1.165) is 5.69 Å². The van der Waals surface area contributed by atoms with Gasteiger partial charge in [-0.05, 0) is 13.3 Å². The van der Waals surface area contributed by atoms with Gasteiger partial charge in [-0.3, -0.25) is 4.79 Å². The molecule has 0 saturated carbocycles. The smallest absolute Gasteiger partial charge is 0.228 e. The van der Waals surface area contributed by atoms with Crippen molar-refractivity contribution in [1.82, 2.24) is 10.1 Å². The molecule has 0 aliphatic carbocycles. The Morgan fingerprint density at radius 3 is 2.93 bits per heavy atom. The third-order valence-corrected chi connectivity index (χ3v) is 2.87. The SMILES string of the molecule is Cc1cc(C2CC(CO)C(=O)N2C)on1. The van der Waals surface area contributed by atoms with Gasteiger partial charge in [-0.25, -0.2) is 0 Å². The number of rotatable bonds is 2. The van der Waals surface area contributed by atoms with Gasteiger partial charge in [0.05, 0.1) is 24.3 Å². The quantitative estimate of drug-likeness (QED) is 0.771. The highest BCUT2D eigenvalue weighted by Crippen LogP contribution is 2.34. The Morgan fingerprint density at radius 1 is 1.73 bits per heavy atom. The number of hydrogen-bond donors (Lipinski definition) is 1. The monoisotopic (exact) mass is 210 g/mol. The highest BCUT2D eigenvalue weighted by molar-refractivity contribution is 5.81. The molecule has 0 radical (unpaired) electrons. The molecule has 0 spiro atoms. The number of likely N-dealkylation sites (tertiary alicyclic amines) is 1. The fourth-order valence-corrected chi connectivity index (χ4v) is 1.97. The molecule has 0 aromatic carbocycles. The molecule has 1 aromatic heterocycles. The van der Waals surface area contributed by atoms with Gasteiger partial charge in [-0.15, -0.1) is 0 Å². The fourth-order valence-electron chi connectivity index (χ4n) is 1.97. The summed E-state index contributed by atoms with van der Waals surface area (Å²) in [5.41, 5.74) is 0.804. The summed E-state index contributed by atoms with van der Waals surface area (Å²) in [5.74, 6) is 0.362. The Balaban J connectivity index is 2.21. The van der Waals surface area contributed by atoms with E-state index in [4.69, 9.17) is 9.63 Å². The van der Waals surface area contributed by atoms with Crippen LogP contribution in [0.25, 0.3) is 0 Å². The number of nitrogens with zero attached hydrogens (tertiary/aromatic N) is 2. The molecule has 1 N–H and O–H groups in total. The van der Waals surface area contributed by atoms with E-state index in [-0.39, 0.29) is 24.5 Å². The predicted molar refractivity (Wildman–Crippen MR) is 51.9 cm³/mol. The van der Waals surface area contributed by atoms with Gasteiger partial charge in [0.1, 0.15) is 0 Å². The topological polar surface area (TPSA) is 66.6 Å². The van der Waals surface area contributed by atoms with E-state index in [0.29, 0.717) is 12.2 Å². The summed E-state index contributed by atoms with van der Waals surface area (Å²) in [6.45, 7) is 1.74. The minimum absolute atomic E-state index is 0.0310. The Hall–Kier alpha value is -1.36. The first-order chi connectivity index (χ1) is 7.13. The molecule has 0 bridgehead atoms. The zero-order chi connectivity index (χ0) is 11.0. The predicted octanol–water partition coefficient (Wildman–Crippen LogP) is 0.495. The number of carbonyl (C=O) groups excluding carboxylic acids is 1. The Morgan fingerprint density at radius 2 is 2.47 bits per heavy atom. The molecule has 2 rings (SSSR count). The second-order valence-electron chi connectivity index (χ2n) is 3.95. The molecule has 1 amide bonds. The van der Waals surface area contributed by atoms with Crippen molar-refractivity contribution < 1.29 is 14.4 Å². The van der Waals surface area contributed by atoms with Gasteiger partial charge in [0.25, 0.3) is 0 Å². The van der Waals surface area contributed by atoms with E-state index >= 15 is 0 Å². The average Bonchev–Trinajstić information content (AvgIpc) is 2.74. The number of aromatic nitrogens is 1. The number of amides is 1. The van der Waals surface area contributed by atoms with Crippen molar-refractivity contribution in [3.63, 3.8) is 0 Å². The Kier molecular flexibility index (Phi) is 2.48. The lowest BCUT2D eigenvalue weighted by Crippen LogP contribution is -2.25. The van der Waals surface area contributed by atoms with Crippen LogP contribution in [-0.4, -0.2) is 34.7 Å². The molecule has 1 aliphatic rings. The minimum atomic E-state index is -0.301. The summed E-state index contributed by atoms with van der Waals surface area (Å²) in [4.78, 5) is 13.2. The lowest BCUT2D eigenvalue weighted by molar-refractivity contribution is -0.131. The molecule has 2 heterocycles. The van der Waals surface area contributed by atoms with E-state index in [2.05, 4.69) is 5.16 Å². The zero-order valence-electron chi connectivity index (χ0n) is 8.80. The van der Waals surface area contributed by atoms with E-state index in [9.17, 15) is 4.79 Å². The first kappa shape index (κ1) is 10.2. The molecule has 1 fully saturated rings. The van der Waals surface area contributed by atoms with Crippen LogP contribution in [0.5, 0.6) is 0 Å². The largest absolute Gasteiger partial charge is 0.396 e. The molecule has 1 aromatic rings. The molecule has 1 saturated heterocycles. The van der Waals surface area contributed by atoms with Gasteiger partial charge in [-0.2, -0.15) is 0 Å². The van der Waals surface area contributed by atoms with Crippen LogP contribution in [0, 0.1) is 12.8 Å².